The van der Waals surface area contributed by atoms with E-state index < -0.39 is 0 Å². The number of aliphatic hydroxyl groups is 1. The Balaban J connectivity index is 2.25. The summed E-state index contributed by atoms with van der Waals surface area (Å²) < 4.78 is 0. The van der Waals surface area contributed by atoms with Crippen molar-refractivity contribution in [3.8, 4) is 0 Å². The molecule has 2 rings (SSSR count). The molecule has 19 heavy (non-hydrogen) atoms. The first-order valence-electron chi connectivity index (χ1n) is 6.27. The summed E-state index contributed by atoms with van der Waals surface area (Å²) in [7, 11) is 4.06. The lowest BCUT2D eigenvalue weighted by Gasteiger charge is -2.27. The van der Waals surface area contributed by atoms with Crippen LogP contribution in [0.4, 0.5) is 11.6 Å². The summed E-state index contributed by atoms with van der Waals surface area (Å²) in [5.41, 5.74) is 5.82. The Morgan fingerprint density at radius 3 is 2.89 bits per heavy atom. The molecule has 0 radical (unpaired) electrons. The third-order valence-electron chi connectivity index (χ3n) is 3.16. The SMILES string of the molecule is CSc1nc(N)cc(N2CC(O)CC2CN(C)C)n1. The first kappa shape index (κ1) is 14.4. The first-order valence-corrected chi connectivity index (χ1v) is 7.50. The van der Waals surface area contributed by atoms with Gasteiger partial charge in [-0.3, -0.25) is 0 Å². The molecular weight excluding hydrogens is 262 g/mol. The van der Waals surface area contributed by atoms with Gasteiger partial charge >= 0.3 is 0 Å². The molecule has 1 aromatic heterocycles. The van der Waals surface area contributed by atoms with Crippen LogP contribution in [0, 0.1) is 0 Å². The molecular formula is C12H21N5OS. The number of aromatic nitrogens is 2. The molecule has 0 amide bonds. The van der Waals surface area contributed by atoms with Gasteiger partial charge in [0, 0.05) is 25.2 Å². The van der Waals surface area contributed by atoms with E-state index in [-0.39, 0.29) is 12.1 Å². The average Bonchev–Trinajstić information content (AvgIpc) is 2.68. The smallest absolute Gasteiger partial charge is 0.191 e. The Kier molecular flexibility index (Phi) is 4.49. The van der Waals surface area contributed by atoms with E-state index in [1.807, 2.05) is 20.4 Å². The number of nitrogen functional groups attached to an aromatic ring is 1. The molecule has 7 heteroatoms. The lowest BCUT2D eigenvalue weighted by Crippen LogP contribution is -2.38. The zero-order valence-corrected chi connectivity index (χ0v) is 12.4. The van der Waals surface area contributed by atoms with Gasteiger partial charge in [-0.25, -0.2) is 9.97 Å². The van der Waals surface area contributed by atoms with Crippen molar-refractivity contribution in [3.05, 3.63) is 6.07 Å². The standard InChI is InChI=1S/C12H21N5OS/c1-16(2)6-8-4-9(18)7-17(8)11-5-10(13)14-12(15-11)19-3/h5,8-9,18H,4,6-7H2,1-3H3,(H2,13,14,15). The van der Waals surface area contributed by atoms with Gasteiger partial charge in [0.2, 0.25) is 0 Å². The van der Waals surface area contributed by atoms with E-state index in [9.17, 15) is 5.11 Å². The monoisotopic (exact) mass is 283 g/mol. The number of β-amino-alcohol motifs (C(OH)–C–C–N with tert-alkyl or cyclic N) is 1. The van der Waals surface area contributed by atoms with Crippen molar-refractivity contribution < 1.29 is 5.11 Å². The van der Waals surface area contributed by atoms with Gasteiger partial charge in [0.15, 0.2) is 5.16 Å². The van der Waals surface area contributed by atoms with E-state index >= 15 is 0 Å². The third-order valence-corrected chi connectivity index (χ3v) is 3.70. The van der Waals surface area contributed by atoms with E-state index in [1.165, 1.54) is 11.8 Å². The van der Waals surface area contributed by atoms with Crippen LogP contribution in [0.1, 0.15) is 6.42 Å². The molecule has 1 aliphatic heterocycles. The Morgan fingerprint density at radius 2 is 2.26 bits per heavy atom. The summed E-state index contributed by atoms with van der Waals surface area (Å²) in [6.45, 7) is 1.48. The number of anilines is 2. The van der Waals surface area contributed by atoms with Crippen molar-refractivity contribution in [1.82, 2.24) is 14.9 Å². The van der Waals surface area contributed by atoms with Crippen LogP contribution in [-0.4, -0.2) is 65.6 Å². The van der Waals surface area contributed by atoms with Crippen molar-refractivity contribution >= 4 is 23.4 Å². The normalized spacial score (nSPS) is 23.3. The Bertz CT molecular complexity index is 442. The highest BCUT2D eigenvalue weighted by molar-refractivity contribution is 7.98. The van der Waals surface area contributed by atoms with Gasteiger partial charge in [0.05, 0.1) is 6.10 Å². The number of nitrogens with zero attached hydrogens (tertiary/aromatic N) is 4. The molecule has 6 nitrogen and oxygen atoms in total. The molecule has 0 aromatic carbocycles. The van der Waals surface area contributed by atoms with Gasteiger partial charge in [0.25, 0.3) is 0 Å². The van der Waals surface area contributed by atoms with Gasteiger partial charge in [-0.1, -0.05) is 11.8 Å². The fourth-order valence-corrected chi connectivity index (χ4v) is 2.82. The average molecular weight is 283 g/mol. The van der Waals surface area contributed by atoms with Crippen molar-refractivity contribution in [2.45, 2.75) is 23.7 Å². The van der Waals surface area contributed by atoms with Crippen molar-refractivity contribution in [2.24, 2.45) is 0 Å². The second-order valence-corrected chi connectivity index (χ2v) is 5.87. The van der Waals surface area contributed by atoms with Crippen LogP contribution in [-0.2, 0) is 0 Å². The molecule has 2 heterocycles. The Hall–Kier alpha value is -1.05. The predicted octanol–water partition coefficient (Wildman–Crippen LogP) is 0.282. The summed E-state index contributed by atoms with van der Waals surface area (Å²) in [4.78, 5) is 12.9. The van der Waals surface area contributed by atoms with Gasteiger partial charge in [-0.15, -0.1) is 0 Å². The highest BCUT2D eigenvalue weighted by Gasteiger charge is 2.32. The minimum atomic E-state index is -0.307. The zero-order chi connectivity index (χ0) is 14.0. The summed E-state index contributed by atoms with van der Waals surface area (Å²) in [6.07, 6.45) is 2.38. The largest absolute Gasteiger partial charge is 0.391 e. The fourth-order valence-electron chi connectivity index (χ4n) is 2.44. The molecule has 0 saturated carbocycles. The maximum Gasteiger partial charge on any atom is 0.191 e. The van der Waals surface area contributed by atoms with Gasteiger partial charge < -0.3 is 20.6 Å². The molecule has 0 spiro atoms. The second-order valence-electron chi connectivity index (χ2n) is 5.10. The molecule has 2 unspecified atom stereocenters. The van der Waals surface area contributed by atoms with Crippen LogP contribution in [0.3, 0.4) is 0 Å². The highest BCUT2D eigenvalue weighted by atomic mass is 32.2. The highest BCUT2D eigenvalue weighted by Crippen LogP contribution is 2.27. The molecule has 0 aliphatic carbocycles. The summed E-state index contributed by atoms with van der Waals surface area (Å²) in [6, 6.07) is 2.04. The summed E-state index contributed by atoms with van der Waals surface area (Å²) in [5, 5.41) is 10.6. The molecule has 1 fully saturated rings. The van der Waals surface area contributed by atoms with Crippen LogP contribution in [0.5, 0.6) is 0 Å². The van der Waals surface area contributed by atoms with Gasteiger partial charge in [-0.05, 0) is 26.8 Å². The Morgan fingerprint density at radius 1 is 1.53 bits per heavy atom. The van der Waals surface area contributed by atoms with E-state index in [2.05, 4.69) is 19.8 Å². The molecule has 1 saturated heterocycles. The fraction of sp³-hybridized carbons (Fsp3) is 0.667. The van der Waals surface area contributed by atoms with Crippen LogP contribution < -0.4 is 10.6 Å². The van der Waals surface area contributed by atoms with Crippen LogP contribution in [0.25, 0.3) is 0 Å². The molecule has 2 atom stereocenters. The Labute approximate surface area is 118 Å². The number of aliphatic hydroxyl groups excluding tert-OH is 1. The lowest BCUT2D eigenvalue weighted by molar-refractivity contribution is 0.191. The predicted molar refractivity (Wildman–Crippen MR) is 78.5 cm³/mol. The van der Waals surface area contributed by atoms with E-state index in [4.69, 9.17) is 5.73 Å². The minimum Gasteiger partial charge on any atom is -0.391 e. The van der Waals surface area contributed by atoms with E-state index in [0.29, 0.717) is 17.5 Å². The number of likely N-dealkylation sites (N-methyl/N-ethyl adjacent to an activating group) is 1. The first-order chi connectivity index (χ1) is 8.99. The number of nitrogens with two attached hydrogens (primary N) is 1. The third kappa shape index (κ3) is 3.49. The second kappa shape index (κ2) is 5.94. The van der Waals surface area contributed by atoms with E-state index in [1.54, 1.807) is 6.07 Å². The zero-order valence-electron chi connectivity index (χ0n) is 11.6. The number of thioether (sulfide) groups is 1. The van der Waals surface area contributed by atoms with Crippen molar-refractivity contribution in [2.75, 3.05) is 44.1 Å². The lowest BCUT2D eigenvalue weighted by atomic mass is 10.2. The number of hydrogen-bond acceptors (Lipinski definition) is 7. The molecule has 3 N–H and O–H groups in total. The maximum atomic E-state index is 9.90. The molecule has 1 aliphatic rings. The van der Waals surface area contributed by atoms with Crippen LogP contribution >= 0.6 is 11.8 Å². The molecule has 0 bridgehead atoms. The van der Waals surface area contributed by atoms with Crippen molar-refractivity contribution in [3.63, 3.8) is 0 Å². The minimum absolute atomic E-state index is 0.258. The van der Waals surface area contributed by atoms with Gasteiger partial charge in [-0.2, -0.15) is 0 Å². The topological polar surface area (TPSA) is 78.5 Å². The quantitative estimate of drug-likeness (QED) is 0.607. The van der Waals surface area contributed by atoms with Gasteiger partial charge in [0.1, 0.15) is 11.6 Å². The van der Waals surface area contributed by atoms with Crippen molar-refractivity contribution in [1.29, 1.82) is 0 Å². The van der Waals surface area contributed by atoms with Crippen LogP contribution in [0.15, 0.2) is 11.2 Å². The van der Waals surface area contributed by atoms with E-state index in [0.717, 1.165) is 18.8 Å². The summed E-state index contributed by atoms with van der Waals surface area (Å²) in [5.74, 6) is 1.28. The number of rotatable bonds is 4. The summed E-state index contributed by atoms with van der Waals surface area (Å²) >= 11 is 1.47. The molecule has 106 valence electrons. The molecule has 1 aromatic rings. The van der Waals surface area contributed by atoms with Crippen LogP contribution in [0.2, 0.25) is 0 Å². The number of hydrogen-bond donors (Lipinski definition) is 2. The maximum absolute atomic E-state index is 9.90.